The van der Waals surface area contributed by atoms with Crippen molar-refractivity contribution < 1.29 is 17.9 Å². The molecule has 6 heteroatoms. The van der Waals surface area contributed by atoms with Gasteiger partial charge in [-0.1, -0.05) is 45.0 Å². The largest absolute Gasteiger partial charge is 0.481 e. The fraction of sp³-hybridized carbons (Fsp3) is 0.409. The number of nitrogens with one attached hydrogen (secondary N) is 1. The van der Waals surface area contributed by atoms with E-state index in [4.69, 9.17) is 4.74 Å². The van der Waals surface area contributed by atoms with Crippen molar-refractivity contribution in [1.82, 2.24) is 5.32 Å². The molecule has 0 fully saturated rings. The van der Waals surface area contributed by atoms with Crippen molar-refractivity contribution in [2.75, 3.05) is 6.26 Å². The Hall–Kier alpha value is -2.34. The molecule has 2 aromatic carbocycles. The molecule has 28 heavy (non-hydrogen) atoms. The number of hydrogen-bond donors (Lipinski definition) is 1. The standard InChI is InChI=1S/C22H29NO4S/c1-5-16-8-12-18(13-9-16)27-21(7-3)22(24)23-20(6-2)17-10-14-19(15-11-17)28(4,25)26/h8-15,20-21H,5-7H2,1-4H3,(H,23,24)/t20-,21-/m0/s1. The number of rotatable bonds is 9. The zero-order chi connectivity index (χ0) is 20.7. The van der Waals surface area contributed by atoms with Crippen LogP contribution in [0.5, 0.6) is 5.75 Å². The van der Waals surface area contributed by atoms with Gasteiger partial charge in [0.15, 0.2) is 15.9 Å². The van der Waals surface area contributed by atoms with Crippen molar-refractivity contribution in [3.63, 3.8) is 0 Å². The van der Waals surface area contributed by atoms with Crippen LogP contribution in [0.15, 0.2) is 53.4 Å². The number of hydrogen-bond acceptors (Lipinski definition) is 4. The monoisotopic (exact) mass is 403 g/mol. The van der Waals surface area contributed by atoms with Gasteiger partial charge in [0.2, 0.25) is 0 Å². The van der Waals surface area contributed by atoms with Crippen LogP contribution in [0.3, 0.4) is 0 Å². The first-order valence-corrected chi connectivity index (χ1v) is 11.5. The minimum Gasteiger partial charge on any atom is -0.481 e. The second-order valence-corrected chi connectivity index (χ2v) is 8.84. The summed E-state index contributed by atoms with van der Waals surface area (Å²) in [6, 6.07) is 14.2. The van der Waals surface area contributed by atoms with E-state index < -0.39 is 15.9 Å². The number of ether oxygens (including phenoxy) is 1. The molecular formula is C22H29NO4S. The third-order valence-electron chi connectivity index (χ3n) is 4.71. The molecule has 1 amide bonds. The van der Waals surface area contributed by atoms with Gasteiger partial charge < -0.3 is 10.1 Å². The number of sulfone groups is 1. The van der Waals surface area contributed by atoms with Crippen LogP contribution >= 0.6 is 0 Å². The predicted molar refractivity (Wildman–Crippen MR) is 111 cm³/mol. The molecular weight excluding hydrogens is 374 g/mol. The molecule has 0 spiro atoms. The fourth-order valence-corrected chi connectivity index (χ4v) is 3.55. The lowest BCUT2D eigenvalue weighted by Gasteiger charge is -2.22. The molecule has 0 radical (unpaired) electrons. The summed E-state index contributed by atoms with van der Waals surface area (Å²) in [4.78, 5) is 13.0. The first-order valence-electron chi connectivity index (χ1n) is 9.64. The molecule has 0 saturated heterocycles. The maximum absolute atomic E-state index is 12.7. The number of carbonyl (C=O) groups excluding carboxylic acids is 1. The van der Waals surface area contributed by atoms with E-state index in [9.17, 15) is 13.2 Å². The number of amides is 1. The third kappa shape index (κ3) is 5.83. The van der Waals surface area contributed by atoms with Crippen LogP contribution in [0.25, 0.3) is 0 Å². The van der Waals surface area contributed by atoms with Crippen molar-refractivity contribution in [3.8, 4) is 5.75 Å². The van der Waals surface area contributed by atoms with Crippen molar-refractivity contribution in [3.05, 3.63) is 59.7 Å². The highest BCUT2D eigenvalue weighted by Crippen LogP contribution is 2.21. The summed E-state index contributed by atoms with van der Waals surface area (Å²) in [6.45, 7) is 5.97. The van der Waals surface area contributed by atoms with Gasteiger partial charge in [-0.2, -0.15) is 0 Å². The quantitative estimate of drug-likeness (QED) is 0.685. The number of aryl methyl sites for hydroxylation is 1. The van der Waals surface area contributed by atoms with E-state index >= 15 is 0 Å². The van der Waals surface area contributed by atoms with Gasteiger partial charge in [-0.15, -0.1) is 0 Å². The van der Waals surface area contributed by atoms with Crippen molar-refractivity contribution in [1.29, 1.82) is 0 Å². The highest BCUT2D eigenvalue weighted by molar-refractivity contribution is 7.90. The van der Waals surface area contributed by atoms with Crippen LogP contribution < -0.4 is 10.1 Å². The van der Waals surface area contributed by atoms with Crippen LogP contribution in [0.1, 0.15) is 50.8 Å². The topological polar surface area (TPSA) is 72.5 Å². The van der Waals surface area contributed by atoms with Gasteiger partial charge in [0.1, 0.15) is 5.75 Å². The Labute approximate surface area is 168 Å². The number of carbonyl (C=O) groups is 1. The summed E-state index contributed by atoms with van der Waals surface area (Å²) in [7, 11) is -3.24. The van der Waals surface area contributed by atoms with E-state index in [-0.39, 0.29) is 16.8 Å². The summed E-state index contributed by atoms with van der Waals surface area (Å²) in [6.07, 6.45) is 2.78. The zero-order valence-corrected chi connectivity index (χ0v) is 17.8. The lowest BCUT2D eigenvalue weighted by atomic mass is 10.0. The van der Waals surface area contributed by atoms with E-state index in [1.54, 1.807) is 24.3 Å². The van der Waals surface area contributed by atoms with Crippen LogP contribution in [0.2, 0.25) is 0 Å². The van der Waals surface area contributed by atoms with Crippen LogP contribution in [-0.4, -0.2) is 26.7 Å². The van der Waals surface area contributed by atoms with Crippen molar-refractivity contribution in [2.24, 2.45) is 0 Å². The average Bonchev–Trinajstić information content (AvgIpc) is 2.70. The van der Waals surface area contributed by atoms with Crippen LogP contribution in [0.4, 0.5) is 0 Å². The van der Waals surface area contributed by atoms with Crippen LogP contribution in [0, 0.1) is 0 Å². The molecule has 5 nitrogen and oxygen atoms in total. The van der Waals surface area contributed by atoms with E-state index in [2.05, 4.69) is 12.2 Å². The Morgan fingerprint density at radius 1 is 0.964 bits per heavy atom. The van der Waals surface area contributed by atoms with E-state index in [1.807, 2.05) is 38.1 Å². The molecule has 0 aliphatic carbocycles. The van der Waals surface area contributed by atoms with Gasteiger partial charge >= 0.3 is 0 Å². The maximum atomic E-state index is 12.7. The van der Waals surface area contributed by atoms with Crippen molar-refractivity contribution in [2.45, 2.75) is 57.1 Å². The number of benzene rings is 2. The Bertz CT molecular complexity index is 874. The summed E-state index contributed by atoms with van der Waals surface area (Å²) >= 11 is 0. The molecule has 0 saturated carbocycles. The summed E-state index contributed by atoms with van der Waals surface area (Å²) in [5.74, 6) is 0.492. The molecule has 0 aliphatic heterocycles. The lowest BCUT2D eigenvalue weighted by Crippen LogP contribution is -2.39. The Balaban J connectivity index is 2.07. The van der Waals surface area contributed by atoms with Gasteiger partial charge in [0.25, 0.3) is 5.91 Å². The maximum Gasteiger partial charge on any atom is 0.261 e. The second-order valence-electron chi connectivity index (χ2n) is 6.82. The highest BCUT2D eigenvalue weighted by atomic mass is 32.2. The molecule has 1 N–H and O–H groups in total. The van der Waals surface area contributed by atoms with Crippen molar-refractivity contribution >= 4 is 15.7 Å². The SMILES string of the molecule is CCc1ccc(O[C@@H](CC)C(=O)N[C@@H](CC)c2ccc(S(C)(=O)=O)cc2)cc1. The van der Waals surface area contributed by atoms with Gasteiger partial charge in [-0.3, -0.25) is 4.79 Å². The molecule has 0 bridgehead atoms. The van der Waals surface area contributed by atoms with Crippen LogP contribution in [-0.2, 0) is 21.1 Å². The predicted octanol–water partition coefficient (Wildman–Crippen LogP) is 4.08. The molecule has 0 unspecified atom stereocenters. The third-order valence-corrected chi connectivity index (χ3v) is 5.84. The molecule has 0 aromatic heterocycles. The summed E-state index contributed by atoms with van der Waals surface area (Å²) in [5, 5.41) is 3.02. The van der Waals surface area contributed by atoms with Gasteiger partial charge in [-0.05, 0) is 54.7 Å². The molecule has 2 atom stereocenters. The molecule has 0 heterocycles. The van der Waals surface area contributed by atoms with E-state index in [1.165, 1.54) is 11.8 Å². The Morgan fingerprint density at radius 2 is 1.57 bits per heavy atom. The Morgan fingerprint density at radius 3 is 2.04 bits per heavy atom. The average molecular weight is 404 g/mol. The second kappa shape index (κ2) is 9.73. The van der Waals surface area contributed by atoms with E-state index in [0.717, 1.165) is 12.0 Å². The Kier molecular flexibility index (Phi) is 7.63. The first kappa shape index (κ1) is 22.0. The summed E-state index contributed by atoms with van der Waals surface area (Å²) < 4.78 is 29.1. The molecule has 0 aliphatic rings. The molecule has 2 rings (SSSR count). The first-order chi connectivity index (χ1) is 13.3. The summed E-state index contributed by atoms with van der Waals surface area (Å²) in [5.41, 5.74) is 2.08. The fourth-order valence-electron chi connectivity index (χ4n) is 2.92. The minimum atomic E-state index is -3.24. The van der Waals surface area contributed by atoms with Gasteiger partial charge in [0, 0.05) is 6.26 Å². The van der Waals surface area contributed by atoms with Gasteiger partial charge in [0.05, 0.1) is 10.9 Å². The molecule has 2 aromatic rings. The van der Waals surface area contributed by atoms with Gasteiger partial charge in [-0.25, -0.2) is 8.42 Å². The smallest absolute Gasteiger partial charge is 0.261 e. The lowest BCUT2D eigenvalue weighted by molar-refractivity contribution is -0.128. The highest BCUT2D eigenvalue weighted by Gasteiger charge is 2.22. The van der Waals surface area contributed by atoms with E-state index in [0.29, 0.717) is 18.6 Å². The minimum absolute atomic E-state index is 0.180. The zero-order valence-electron chi connectivity index (χ0n) is 16.9. The normalized spacial score (nSPS) is 13.6. The molecule has 152 valence electrons.